The molecule has 2 heterocycles. The SMILES string of the molecule is O=C(O)/C=C/c1cc(/C=C/C(=O)O)cc(-c2ccc(-c3ccc(-c4cc(/C=C/C(=O)O)cc(/C=C/C(=O)O)c4)nc3)cn2)c1. The average molecular weight is 589 g/mol. The van der Waals surface area contributed by atoms with Gasteiger partial charge in [0.1, 0.15) is 0 Å². The van der Waals surface area contributed by atoms with Gasteiger partial charge in [-0.05, 0) is 95.1 Å². The summed E-state index contributed by atoms with van der Waals surface area (Å²) in [6.45, 7) is 0. The Morgan fingerprint density at radius 1 is 0.432 bits per heavy atom. The number of carboxylic acid groups (broad SMARTS) is 4. The summed E-state index contributed by atoms with van der Waals surface area (Å²) in [5.74, 6) is -4.45. The molecule has 218 valence electrons. The number of nitrogens with zero attached hydrogens (tertiary/aromatic N) is 2. The molecule has 0 spiro atoms. The Hall–Kier alpha value is -6.42. The molecule has 0 bridgehead atoms. The molecule has 4 aromatic rings. The first-order valence-corrected chi connectivity index (χ1v) is 12.9. The Kier molecular flexibility index (Phi) is 9.69. The number of benzene rings is 2. The lowest BCUT2D eigenvalue weighted by Gasteiger charge is -2.08. The average Bonchev–Trinajstić information content (AvgIpc) is 3.01. The van der Waals surface area contributed by atoms with Crippen LogP contribution in [0.25, 0.3) is 57.9 Å². The van der Waals surface area contributed by atoms with E-state index in [2.05, 4.69) is 9.97 Å². The Morgan fingerprint density at radius 2 is 0.727 bits per heavy atom. The van der Waals surface area contributed by atoms with Crippen LogP contribution < -0.4 is 0 Å². The molecule has 10 heteroatoms. The van der Waals surface area contributed by atoms with E-state index in [1.807, 2.05) is 12.1 Å². The van der Waals surface area contributed by atoms with Crippen molar-refractivity contribution in [2.75, 3.05) is 0 Å². The molecule has 0 atom stereocenters. The first-order chi connectivity index (χ1) is 21.0. The predicted octanol–water partition coefficient (Wildman–Crippen LogP) is 5.87. The van der Waals surface area contributed by atoms with Gasteiger partial charge in [-0.25, -0.2) is 19.2 Å². The number of hydrogen-bond donors (Lipinski definition) is 4. The molecule has 10 nitrogen and oxygen atoms in total. The molecule has 4 N–H and O–H groups in total. The zero-order chi connectivity index (χ0) is 31.6. The third-order valence-corrected chi connectivity index (χ3v) is 6.08. The van der Waals surface area contributed by atoms with Gasteiger partial charge < -0.3 is 20.4 Å². The number of pyridine rings is 2. The van der Waals surface area contributed by atoms with Crippen LogP contribution in [0.2, 0.25) is 0 Å². The van der Waals surface area contributed by atoms with E-state index in [1.165, 1.54) is 24.3 Å². The van der Waals surface area contributed by atoms with E-state index < -0.39 is 23.9 Å². The van der Waals surface area contributed by atoms with E-state index in [0.717, 1.165) is 35.4 Å². The normalized spacial score (nSPS) is 11.5. The van der Waals surface area contributed by atoms with Crippen LogP contribution >= 0.6 is 0 Å². The van der Waals surface area contributed by atoms with Crippen LogP contribution in [0.3, 0.4) is 0 Å². The molecule has 0 radical (unpaired) electrons. The molecule has 0 fully saturated rings. The fourth-order valence-corrected chi connectivity index (χ4v) is 4.17. The summed E-state index contributed by atoms with van der Waals surface area (Å²) < 4.78 is 0. The van der Waals surface area contributed by atoms with Gasteiger partial charge in [0.05, 0.1) is 11.4 Å². The lowest BCUT2D eigenvalue weighted by atomic mass is 10.0. The number of aliphatic carboxylic acids is 4. The molecule has 2 aromatic carbocycles. The molecule has 2 aromatic heterocycles. The molecule has 0 unspecified atom stereocenters. The van der Waals surface area contributed by atoms with Gasteiger partial charge in [-0.2, -0.15) is 0 Å². The van der Waals surface area contributed by atoms with Crippen molar-refractivity contribution in [3.8, 4) is 33.6 Å². The van der Waals surface area contributed by atoms with Crippen molar-refractivity contribution in [3.05, 3.63) is 120 Å². The Bertz CT molecular complexity index is 1630. The molecule has 0 amide bonds. The minimum Gasteiger partial charge on any atom is -0.478 e. The van der Waals surface area contributed by atoms with Crippen LogP contribution in [0, 0.1) is 0 Å². The molecule has 44 heavy (non-hydrogen) atoms. The van der Waals surface area contributed by atoms with Crippen molar-refractivity contribution in [1.82, 2.24) is 9.97 Å². The summed E-state index contributed by atoms with van der Waals surface area (Å²) in [6.07, 6.45) is 12.9. The second-order valence-electron chi connectivity index (χ2n) is 9.33. The number of aromatic nitrogens is 2. The number of hydrogen-bond acceptors (Lipinski definition) is 6. The van der Waals surface area contributed by atoms with E-state index in [1.54, 1.807) is 60.9 Å². The minimum absolute atomic E-state index is 0.560. The smallest absolute Gasteiger partial charge is 0.328 e. The van der Waals surface area contributed by atoms with E-state index in [4.69, 9.17) is 20.4 Å². The van der Waals surface area contributed by atoms with Crippen LogP contribution in [0.1, 0.15) is 22.3 Å². The van der Waals surface area contributed by atoms with Gasteiger partial charge in [0, 0.05) is 59.0 Å². The van der Waals surface area contributed by atoms with E-state index in [0.29, 0.717) is 44.8 Å². The van der Waals surface area contributed by atoms with Gasteiger partial charge in [0.15, 0.2) is 0 Å². The highest BCUT2D eigenvalue weighted by molar-refractivity contribution is 5.89. The standard InChI is InChI=1S/C34H24N2O8/c37-31(38)9-1-21-13-22(2-10-32(39)40)16-27(15-21)29-7-5-25(19-35-29)26-6-8-30(36-20-26)28-17-23(3-11-33(41)42)14-24(18-28)4-12-34(43)44/h1-20H,(H,37,38)(H,39,40)(H,41,42)(H,43,44)/b9-1+,10-2+,11-3+,12-4+. The highest BCUT2D eigenvalue weighted by Crippen LogP contribution is 2.28. The fourth-order valence-electron chi connectivity index (χ4n) is 4.17. The second-order valence-corrected chi connectivity index (χ2v) is 9.33. The minimum atomic E-state index is -1.11. The molecule has 0 aliphatic heterocycles. The van der Waals surface area contributed by atoms with E-state index in [9.17, 15) is 19.2 Å². The van der Waals surface area contributed by atoms with Crippen molar-refractivity contribution in [2.24, 2.45) is 0 Å². The maximum Gasteiger partial charge on any atom is 0.328 e. The van der Waals surface area contributed by atoms with Crippen LogP contribution in [0.15, 0.2) is 97.4 Å². The van der Waals surface area contributed by atoms with E-state index in [-0.39, 0.29) is 0 Å². The van der Waals surface area contributed by atoms with Crippen molar-refractivity contribution in [1.29, 1.82) is 0 Å². The first kappa shape index (κ1) is 30.5. The van der Waals surface area contributed by atoms with Crippen LogP contribution in [-0.2, 0) is 19.2 Å². The van der Waals surface area contributed by atoms with Gasteiger partial charge in [-0.15, -0.1) is 0 Å². The monoisotopic (exact) mass is 588 g/mol. The van der Waals surface area contributed by atoms with Crippen molar-refractivity contribution in [3.63, 3.8) is 0 Å². The second kappa shape index (κ2) is 14.0. The highest BCUT2D eigenvalue weighted by atomic mass is 16.4. The van der Waals surface area contributed by atoms with Gasteiger partial charge in [0.25, 0.3) is 0 Å². The van der Waals surface area contributed by atoms with Crippen molar-refractivity contribution >= 4 is 48.2 Å². The maximum atomic E-state index is 11.0. The van der Waals surface area contributed by atoms with Crippen LogP contribution in [0.5, 0.6) is 0 Å². The largest absolute Gasteiger partial charge is 0.478 e. The summed E-state index contributed by atoms with van der Waals surface area (Å²) in [5.41, 5.74) is 6.26. The highest BCUT2D eigenvalue weighted by Gasteiger charge is 2.08. The van der Waals surface area contributed by atoms with Gasteiger partial charge in [0.2, 0.25) is 0 Å². The molecule has 0 aliphatic rings. The Morgan fingerprint density at radius 3 is 0.955 bits per heavy atom. The van der Waals surface area contributed by atoms with Gasteiger partial charge in [-0.3, -0.25) is 9.97 Å². The molecular weight excluding hydrogens is 564 g/mol. The summed E-state index contributed by atoms with van der Waals surface area (Å²) in [7, 11) is 0. The quantitative estimate of drug-likeness (QED) is 0.155. The number of carboxylic acids is 4. The Labute approximate surface area is 250 Å². The fraction of sp³-hybridized carbons (Fsp3) is 0. The molecule has 0 saturated carbocycles. The summed E-state index contributed by atoms with van der Waals surface area (Å²) in [5, 5.41) is 36.0. The molecular formula is C34H24N2O8. The lowest BCUT2D eigenvalue weighted by molar-refractivity contribution is -0.132. The molecule has 0 saturated heterocycles. The Balaban J connectivity index is 1.63. The third-order valence-electron chi connectivity index (χ3n) is 6.08. The summed E-state index contributed by atoms with van der Waals surface area (Å²) in [6, 6.07) is 17.6. The summed E-state index contributed by atoms with van der Waals surface area (Å²) >= 11 is 0. The predicted molar refractivity (Wildman–Crippen MR) is 165 cm³/mol. The van der Waals surface area contributed by atoms with Gasteiger partial charge in [-0.1, -0.05) is 12.1 Å². The molecule has 0 aliphatic carbocycles. The number of carbonyl (C=O) groups is 4. The lowest BCUT2D eigenvalue weighted by Crippen LogP contribution is -1.91. The topological polar surface area (TPSA) is 175 Å². The van der Waals surface area contributed by atoms with Crippen molar-refractivity contribution < 1.29 is 39.6 Å². The zero-order valence-corrected chi connectivity index (χ0v) is 22.9. The van der Waals surface area contributed by atoms with Crippen molar-refractivity contribution in [2.45, 2.75) is 0 Å². The third kappa shape index (κ3) is 8.79. The maximum absolute atomic E-state index is 11.0. The van der Waals surface area contributed by atoms with Gasteiger partial charge >= 0.3 is 23.9 Å². The van der Waals surface area contributed by atoms with Crippen LogP contribution in [0.4, 0.5) is 0 Å². The van der Waals surface area contributed by atoms with Crippen LogP contribution in [-0.4, -0.2) is 54.3 Å². The number of rotatable bonds is 11. The zero-order valence-electron chi connectivity index (χ0n) is 22.9. The molecule has 4 rings (SSSR count). The summed E-state index contributed by atoms with van der Waals surface area (Å²) in [4.78, 5) is 53.1. The van der Waals surface area contributed by atoms with E-state index >= 15 is 0 Å². The first-order valence-electron chi connectivity index (χ1n) is 12.9.